The average Bonchev–Trinajstić information content (AvgIpc) is 2.83. The summed E-state index contributed by atoms with van der Waals surface area (Å²) >= 11 is 0. The van der Waals surface area contributed by atoms with Crippen LogP contribution in [0, 0.1) is 0 Å². The Kier molecular flexibility index (Phi) is 3.59. The van der Waals surface area contributed by atoms with Crippen LogP contribution in [0.15, 0.2) is 35.2 Å². The minimum atomic E-state index is -3.49. The van der Waals surface area contributed by atoms with Gasteiger partial charge in [-0.15, -0.1) is 0 Å². The maximum absolute atomic E-state index is 12.0. The lowest BCUT2D eigenvalue weighted by molar-refractivity contribution is -0.118. The molecule has 2 rings (SSSR count). The van der Waals surface area contributed by atoms with E-state index in [-0.39, 0.29) is 16.7 Å². The van der Waals surface area contributed by atoms with Gasteiger partial charge in [0.2, 0.25) is 0 Å². The molecule has 17 heavy (non-hydrogen) atoms. The minimum Gasteiger partial charge on any atom is -0.307 e. The molecular formula is C12H15NO3S. The summed E-state index contributed by atoms with van der Waals surface area (Å²) in [5.41, 5.74) is 0. The molecule has 1 fully saturated rings. The third-order valence-corrected chi connectivity index (χ3v) is 4.54. The zero-order chi connectivity index (χ0) is 12.3. The molecule has 0 aromatic heterocycles. The van der Waals surface area contributed by atoms with Crippen LogP contribution in [0.5, 0.6) is 0 Å². The molecule has 0 spiro atoms. The maximum Gasteiger partial charge on any atom is 0.185 e. The molecule has 1 N–H and O–H groups in total. The molecule has 92 valence electrons. The first-order valence-corrected chi connectivity index (χ1v) is 7.29. The van der Waals surface area contributed by atoms with Gasteiger partial charge in [-0.05, 0) is 31.5 Å². The Morgan fingerprint density at radius 1 is 1.29 bits per heavy atom. The molecule has 1 aliphatic rings. The van der Waals surface area contributed by atoms with Crippen molar-refractivity contribution in [2.45, 2.75) is 23.8 Å². The van der Waals surface area contributed by atoms with Crippen molar-refractivity contribution in [3.8, 4) is 0 Å². The molecule has 4 nitrogen and oxygen atoms in total. The van der Waals surface area contributed by atoms with E-state index in [0.29, 0.717) is 0 Å². The van der Waals surface area contributed by atoms with Crippen molar-refractivity contribution in [1.29, 1.82) is 0 Å². The fourth-order valence-electron chi connectivity index (χ4n) is 1.96. The van der Waals surface area contributed by atoms with Crippen LogP contribution in [0.2, 0.25) is 0 Å². The van der Waals surface area contributed by atoms with Gasteiger partial charge in [0.05, 0.1) is 10.9 Å². The number of rotatable bonds is 4. The van der Waals surface area contributed by atoms with E-state index in [1.165, 1.54) is 12.1 Å². The van der Waals surface area contributed by atoms with Crippen LogP contribution in [0.25, 0.3) is 0 Å². The van der Waals surface area contributed by atoms with Crippen LogP contribution in [0.3, 0.4) is 0 Å². The van der Waals surface area contributed by atoms with E-state index in [1.54, 1.807) is 18.2 Å². The van der Waals surface area contributed by atoms with Crippen LogP contribution in [-0.2, 0) is 14.6 Å². The van der Waals surface area contributed by atoms with Crippen molar-refractivity contribution in [1.82, 2.24) is 5.32 Å². The molecule has 1 saturated heterocycles. The summed E-state index contributed by atoms with van der Waals surface area (Å²) < 4.78 is 23.9. The topological polar surface area (TPSA) is 63.2 Å². The number of carbonyl (C=O) groups is 1. The molecule has 1 heterocycles. The van der Waals surface area contributed by atoms with Crippen molar-refractivity contribution in [3.63, 3.8) is 0 Å². The number of ketones is 1. The minimum absolute atomic E-state index is 0.214. The van der Waals surface area contributed by atoms with Gasteiger partial charge in [0.15, 0.2) is 15.6 Å². The van der Waals surface area contributed by atoms with Crippen LogP contribution >= 0.6 is 0 Å². The first-order valence-electron chi connectivity index (χ1n) is 5.63. The van der Waals surface area contributed by atoms with Crippen molar-refractivity contribution in [3.05, 3.63) is 30.3 Å². The predicted octanol–water partition coefficient (Wildman–Crippen LogP) is 0.781. The van der Waals surface area contributed by atoms with Gasteiger partial charge in [0.25, 0.3) is 0 Å². The van der Waals surface area contributed by atoms with Gasteiger partial charge in [0.1, 0.15) is 5.75 Å². The lowest BCUT2D eigenvalue weighted by Crippen LogP contribution is -2.35. The number of hydrogen-bond donors (Lipinski definition) is 1. The summed E-state index contributed by atoms with van der Waals surface area (Å²) in [6, 6.07) is 7.82. The van der Waals surface area contributed by atoms with Crippen molar-refractivity contribution < 1.29 is 13.2 Å². The number of carbonyl (C=O) groups excluding carboxylic acids is 1. The first-order chi connectivity index (χ1) is 8.09. The number of sulfone groups is 1. The Morgan fingerprint density at radius 2 is 2.00 bits per heavy atom. The van der Waals surface area contributed by atoms with E-state index in [2.05, 4.69) is 5.32 Å². The highest BCUT2D eigenvalue weighted by Crippen LogP contribution is 2.13. The smallest absolute Gasteiger partial charge is 0.185 e. The van der Waals surface area contributed by atoms with E-state index in [4.69, 9.17) is 0 Å². The summed E-state index contributed by atoms with van der Waals surface area (Å²) in [6.45, 7) is 0.793. The molecule has 5 heteroatoms. The average molecular weight is 253 g/mol. The van der Waals surface area contributed by atoms with E-state index in [0.717, 1.165) is 19.4 Å². The van der Waals surface area contributed by atoms with Crippen molar-refractivity contribution in [2.75, 3.05) is 12.3 Å². The number of benzene rings is 1. The summed E-state index contributed by atoms with van der Waals surface area (Å²) in [4.78, 5) is 12.0. The normalized spacial score (nSPS) is 20.4. The molecule has 0 amide bonds. The second-order valence-electron chi connectivity index (χ2n) is 4.19. The molecular weight excluding hydrogens is 238 g/mol. The van der Waals surface area contributed by atoms with E-state index >= 15 is 0 Å². The second kappa shape index (κ2) is 4.98. The molecule has 0 bridgehead atoms. The molecule has 0 aliphatic carbocycles. The molecule has 1 unspecified atom stereocenters. The standard InChI is InChI=1S/C12H15NO3S/c14-12(11-7-4-8-13-11)9-17(15,16)10-5-2-1-3-6-10/h1-3,5-6,11,13H,4,7-9H2. The van der Waals surface area contributed by atoms with E-state index in [1.807, 2.05) is 0 Å². The van der Waals surface area contributed by atoms with E-state index in [9.17, 15) is 13.2 Å². The fraction of sp³-hybridized carbons (Fsp3) is 0.417. The molecule has 1 aliphatic heterocycles. The summed E-state index contributed by atoms with van der Waals surface area (Å²) in [7, 11) is -3.49. The summed E-state index contributed by atoms with van der Waals surface area (Å²) in [5, 5.41) is 3.02. The van der Waals surface area contributed by atoms with Gasteiger partial charge in [-0.3, -0.25) is 4.79 Å². The Hall–Kier alpha value is -1.20. The molecule has 0 saturated carbocycles. The highest BCUT2D eigenvalue weighted by molar-refractivity contribution is 7.92. The Bertz CT molecular complexity index is 490. The van der Waals surface area contributed by atoms with Crippen LogP contribution in [0.1, 0.15) is 12.8 Å². The zero-order valence-electron chi connectivity index (χ0n) is 9.43. The zero-order valence-corrected chi connectivity index (χ0v) is 10.2. The van der Waals surface area contributed by atoms with Crippen molar-refractivity contribution >= 4 is 15.6 Å². The summed E-state index contributed by atoms with van der Waals surface area (Å²) in [5.74, 6) is -0.638. The predicted molar refractivity (Wildman–Crippen MR) is 64.5 cm³/mol. The van der Waals surface area contributed by atoms with Gasteiger partial charge in [-0.25, -0.2) is 8.42 Å². The monoisotopic (exact) mass is 253 g/mol. The molecule has 1 atom stereocenters. The molecule has 1 aromatic carbocycles. The molecule has 0 radical (unpaired) electrons. The van der Waals surface area contributed by atoms with E-state index < -0.39 is 15.6 Å². The lowest BCUT2D eigenvalue weighted by Gasteiger charge is -2.09. The quantitative estimate of drug-likeness (QED) is 0.861. The Labute approximate surface area is 101 Å². The Balaban J connectivity index is 2.10. The lowest BCUT2D eigenvalue weighted by atomic mass is 10.2. The second-order valence-corrected chi connectivity index (χ2v) is 6.18. The van der Waals surface area contributed by atoms with Gasteiger partial charge in [0, 0.05) is 0 Å². The van der Waals surface area contributed by atoms with Gasteiger partial charge in [-0.2, -0.15) is 0 Å². The highest BCUT2D eigenvalue weighted by atomic mass is 32.2. The van der Waals surface area contributed by atoms with Crippen LogP contribution < -0.4 is 5.32 Å². The van der Waals surface area contributed by atoms with Crippen molar-refractivity contribution in [2.24, 2.45) is 0 Å². The molecule has 1 aromatic rings. The highest BCUT2D eigenvalue weighted by Gasteiger charge is 2.27. The van der Waals surface area contributed by atoms with Crippen LogP contribution in [-0.4, -0.2) is 32.5 Å². The number of nitrogens with one attached hydrogen (secondary N) is 1. The number of hydrogen-bond acceptors (Lipinski definition) is 4. The van der Waals surface area contributed by atoms with Gasteiger partial charge >= 0.3 is 0 Å². The summed E-state index contributed by atoms with van der Waals surface area (Å²) in [6.07, 6.45) is 1.67. The number of Topliss-reactive ketones (excluding diaryl/α,β-unsaturated/α-hetero) is 1. The fourth-order valence-corrected chi connectivity index (χ4v) is 3.27. The SMILES string of the molecule is O=C(CS(=O)(=O)c1ccccc1)C1CCCN1. The maximum atomic E-state index is 12.0. The Morgan fingerprint density at radius 3 is 2.59 bits per heavy atom. The largest absolute Gasteiger partial charge is 0.307 e. The van der Waals surface area contributed by atoms with Crippen LogP contribution in [0.4, 0.5) is 0 Å². The third-order valence-electron chi connectivity index (χ3n) is 2.88. The van der Waals surface area contributed by atoms with Gasteiger partial charge < -0.3 is 5.32 Å². The first kappa shape index (κ1) is 12.3. The van der Waals surface area contributed by atoms with Gasteiger partial charge in [-0.1, -0.05) is 18.2 Å². The third kappa shape index (κ3) is 2.92.